The molecule has 2 aromatic rings. The lowest BCUT2D eigenvalue weighted by molar-refractivity contribution is 0.100. The molecule has 104 valence electrons. The molecule has 2 rings (SSSR count). The molecule has 0 bridgehead atoms. The molecule has 6 heteroatoms. The second kappa shape index (κ2) is 5.48. The zero-order valence-corrected chi connectivity index (χ0v) is 11.3. The van der Waals surface area contributed by atoms with Gasteiger partial charge in [-0.05, 0) is 18.2 Å². The largest absolute Gasteiger partial charge is 0.495 e. The van der Waals surface area contributed by atoms with Crippen LogP contribution in [0.25, 0.3) is 0 Å². The van der Waals surface area contributed by atoms with Crippen molar-refractivity contribution in [1.82, 2.24) is 4.98 Å². The summed E-state index contributed by atoms with van der Waals surface area (Å²) in [5.41, 5.74) is 12.4. The number of benzene rings is 1. The van der Waals surface area contributed by atoms with E-state index in [0.717, 1.165) is 5.69 Å². The Morgan fingerprint density at radius 1 is 1.35 bits per heavy atom. The lowest BCUT2D eigenvalue weighted by atomic mass is 10.2. The molecule has 0 saturated heterocycles. The van der Waals surface area contributed by atoms with E-state index in [9.17, 15) is 4.79 Å². The maximum Gasteiger partial charge on any atom is 0.252 e. The number of para-hydroxylation sites is 2. The Kier molecular flexibility index (Phi) is 3.74. The summed E-state index contributed by atoms with van der Waals surface area (Å²) >= 11 is 0. The van der Waals surface area contributed by atoms with Gasteiger partial charge in [0.2, 0.25) is 0 Å². The summed E-state index contributed by atoms with van der Waals surface area (Å²) in [4.78, 5) is 17.5. The molecule has 0 aliphatic carbocycles. The van der Waals surface area contributed by atoms with E-state index in [2.05, 4.69) is 4.98 Å². The first kappa shape index (κ1) is 13.7. The fourth-order valence-corrected chi connectivity index (χ4v) is 1.94. The highest BCUT2D eigenvalue weighted by molar-refractivity contribution is 5.99. The fraction of sp³-hybridized carbons (Fsp3) is 0.143. The highest BCUT2D eigenvalue weighted by Crippen LogP contribution is 2.33. The summed E-state index contributed by atoms with van der Waals surface area (Å²) in [6.45, 7) is 0. The Balaban J connectivity index is 2.53. The van der Waals surface area contributed by atoms with E-state index in [1.807, 2.05) is 24.3 Å². The number of rotatable bonds is 4. The van der Waals surface area contributed by atoms with Crippen molar-refractivity contribution in [3.05, 3.63) is 42.1 Å². The number of hydrogen-bond acceptors (Lipinski definition) is 5. The normalized spacial score (nSPS) is 10.1. The molecule has 6 nitrogen and oxygen atoms in total. The van der Waals surface area contributed by atoms with Gasteiger partial charge in [0.1, 0.15) is 11.6 Å². The Bertz CT molecular complexity index is 643. The van der Waals surface area contributed by atoms with Crippen LogP contribution in [0, 0.1) is 0 Å². The van der Waals surface area contributed by atoms with Crippen LogP contribution in [0.5, 0.6) is 5.75 Å². The molecule has 20 heavy (non-hydrogen) atoms. The number of amides is 1. The summed E-state index contributed by atoms with van der Waals surface area (Å²) in [5, 5.41) is 0. The van der Waals surface area contributed by atoms with E-state index in [1.165, 1.54) is 12.3 Å². The van der Waals surface area contributed by atoms with Crippen molar-refractivity contribution in [2.24, 2.45) is 5.73 Å². The van der Waals surface area contributed by atoms with Crippen molar-refractivity contribution in [3.8, 4) is 5.75 Å². The van der Waals surface area contributed by atoms with Crippen LogP contribution in [0.3, 0.4) is 0 Å². The average Bonchev–Trinajstić information content (AvgIpc) is 2.46. The maximum absolute atomic E-state index is 11.5. The third-order valence-corrected chi connectivity index (χ3v) is 2.92. The van der Waals surface area contributed by atoms with Gasteiger partial charge in [-0.2, -0.15) is 0 Å². The monoisotopic (exact) mass is 272 g/mol. The van der Waals surface area contributed by atoms with Gasteiger partial charge >= 0.3 is 0 Å². The van der Waals surface area contributed by atoms with Gasteiger partial charge in [0, 0.05) is 7.05 Å². The molecule has 0 radical (unpaired) electrons. The van der Waals surface area contributed by atoms with Crippen LogP contribution < -0.4 is 21.1 Å². The standard InChI is InChI=1S/C14H16N4O2/c1-18(11-5-3-4-6-12(11)20-2)14-10(13(16)19)7-9(15)8-17-14/h3-8H,15H2,1-2H3,(H2,16,19). The first-order chi connectivity index (χ1) is 9.54. The lowest BCUT2D eigenvalue weighted by Gasteiger charge is -2.22. The van der Waals surface area contributed by atoms with E-state index in [0.29, 0.717) is 17.3 Å². The molecule has 0 aliphatic rings. The summed E-state index contributed by atoms with van der Waals surface area (Å²) in [7, 11) is 3.36. The van der Waals surface area contributed by atoms with Crippen molar-refractivity contribution in [3.63, 3.8) is 0 Å². The smallest absolute Gasteiger partial charge is 0.252 e. The Morgan fingerprint density at radius 3 is 2.70 bits per heavy atom. The van der Waals surface area contributed by atoms with Crippen molar-refractivity contribution < 1.29 is 9.53 Å². The van der Waals surface area contributed by atoms with E-state index < -0.39 is 5.91 Å². The highest BCUT2D eigenvalue weighted by Gasteiger charge is 2.17. The summed E-state index contributed by atoms with van der Waals surface area (Å²) in [6.07, 6.45) is 1.48. The third-order valence-electron chi connectivity index (χ3n) is 2.92. The van der Waals surface area contributed by atoms with Crippen molar-refractivity contribution in [2.75, 3.05) is 24.8 Å². The minimum Gasteiger partial charge on any atom is -0.495 e. The molecule has 0 unspecified atom stereocenters. The minimum atomic E-state index is -0.582. The first-order valence-corrected chi connectivity index (χ1v) is 5.96. The topological polar surface area (TPSA) is 94.5 Å². The number of nitrogens with two attached hydrogens (primary N) is 2. The van der Waals surface area contributed by atoms with Gasteiger partial charge in [0.15, 0.2) is 0 Å². The second-order valence-corrected chi connectivity index (χ2v) is 4.23. The van der Waals surface area contributed by atoms with Crippen LogP contribution in [-0.2, 0) is 0 Å². The quantitative estimate of drug-likeness (QED) is 0.880. The molecule has 4 N–H and O–H groups in total. The molecule has 0 atom stereocenters. The summed E-state index contributed by atoms with van der Waals surface area (Å²) in [5.74, 6) is 0.516. The molecule has 1 aromatic heterocycles. The molecule has 0 saturated carbocycles. The number of carbonyl (C=O) groups excluding carboxylic acids is 1. The molecule has 0 aliphatic heterocycles. The van der Waals surface area contributed by atoms with E-state index in [4.69, 9.17) is 16.2 Å². The van der Waals surface area contributed by atoms with Crippen molar-refractivity contribution in [2.45, 2.75) is 0 Å². The maximum atomic E-state index is 11.5. The predicted octanol–water partition coefficient (Wildman–Crippen LogP) is 1.54. The molecule has 0 fully saturated rings. The zero-order valence-electron chi connectivity index (χ0n) is 11.3. The number of pyridine rings is 1. The molecular formula is C14H16N4O2. The van der Waals surface area contributed by atoms with Crippen molar-refractivity contribution in [1.29, 1.82) is 0 Å². The Hall–Kier alpha value is -2.76. The molecular weight excluding hydrogens is 256 g/mol. The number of carbonyl (C=O) groups is 1. The summed E-state index contributed by atoms with van der Waals surface area (Å²) < 4.78 is 5.30. The first-order valence-electron chi connectivity index (χ1n) is 5.96. The van der Waals surface area contributed by atoms with Gasteiger partial charge in [0.25, 0.3) is 5.91 Å². The van der Waals surface area contributed by atoms with Crippen LogP contribution in [-0.4, -0.2) is 25.0 Å². The number of anilines is 3. The van der Waals surface area contributed by atoms with Crippen LogP contribution in [0.4, 0.5) is 17.2 Å². The highest BCUT2D eigenvalue weighted by atomic mass is 16.5. The number of nitrogen functional groups attached to an aromatic ring is 1. The molecule has 1 aromatic carbocycles. The van der Waals surface area contributed by atoms with Crippen molar-refractivity contribution >= 4 is 23.1 Å². The van der Waals surface area contributed by atoms with Gasteiger partial charge in [-0.15, -0.1) is 0 Å². The van der Waals surface area contributed by atoms with E-state index >= 15 is 0 Å². The van der Waals surface area contributed by atoms with E-state index in [1.54, 1.807) is 19.1 Å². The number of hydrogen-bond donors (Lipinski definition) is 2. The lowest BCUT2D eigenvalue weighted by Crippen LogP contribution is -2.20. The number of nitrogens with zero attached hydrogens (tertiary/aromatic N) is 2. The minimum absolute atomic E-state index is 0.262. The number of aromatic nitrogens is 1. The third kappa shape index (κ3) is 2.49. The summed E-state index contributed by atoms with van der Waals surface area (Å²) in [6, 6.07) is 8.93. The van der Waals surface area contributed by atoms with Gasteiger partial charge in [-0.25, -0.2) is 4.98 Å². The van der Waals surface area contributed by atoms with E-state index in [-0.39, 0.29) is 5.56 Å². The fourth-order valence-electron chi connectivity index (χ4n) is 1.94. The van der Waals surface area contributed by atoms with Gasteiger partial charge in [0.05, 0.1) is 30.2 Å². The number of methoxy groups -OCH3 is 1. The van der Waals surface area contributed by atoms with Crippen LogP contribution in [0.1, 0.15) is 10.4 Å². The van der Waals surface area contributed by atoms with Gasteiger partial charge in [-0.3, -0.25) is 4.79 Å². The zero-order chi connectivity index (χ0) is 14.7. The van der Waals surface area contributed by atoms with Gasteiger partial charge < -0.3 is 21.1 Å². The predicted molar refractivity (Wildman–Crippen MR) is 78.2 cm³/mol. The van der Waals surface area contributed by atoms with Crippen LogP contribution in [0.15, 0.2) is 36.5 Å². The molecule has 0 spiro atoms. The Labute approximate surface area is 117 Å². The number of primary amides is 1. The Morgan fingerprint density at radius 2 is 2.05 bits per heavy atom. The number of ether oxygens (including phenoxy) is 1. The van der Waals surface area contributed by atoms with Gasteiger partial charge in [-0.1, -0.05) is 12.1 Å². The second-order valence-electron chi connectivity index (χ2n) is 4.23. The molecule has 1 heterocycles. The van der Waals surface area contributed by atoms with Crippen LogP contribution >= 0.6 is 0 Å². The SMILES string of the molecule is COc1ccccc1N(C)c1ncc(N)cc1C(N)=O. The average molecular weight is 272 g/mol. The van der Waals surface area contributed by atoms with Crippen LogP contribution in [0.2, 0.25) is 0 Å². The molecule has 1 amide bonds.